The Bertz CT molecular complexity index is 405. The van der Waals surface area contributed by atoms with Crippen molar-refractivity contribution in [3.05, 3.63) is 23.8 Å². The van der Waals surface area contributed by atoms with Gasteiger partial charge in [-0.3, -0.25) is 4.79 Å². The molecule has 0 unspecified atom stereocenters. The zero-order chi connectivity index (χ0) is 13.5. The van der Waals surface area contributed by atoms with Gasteiger partial charge in [0.05, 0.1) is 0 Å². The van der Waals surface area contributed by atoms with E-state index in [0.717, 1.165) is 35.1 Å². The first-order valence-electron chi connectivity index (χ1n) is 6.18. The topological polar surface area (TPSA) is 32.3 Å². The molecular formula is C14H21BrN2O. The summed E-state index contributed by atoms with van der Waals surface area (Å²) in [5.74, 6) is 0.0941. The van der Waals surface area contributed by atoms with Gasteiger partial charge in [0.25, 0.3) is 0 Å². The quantitative estimate of drug-likeness (QED) is 0.643. The SMILES string of the molecule is Cc1cc(N(C)C)ccc1NC(=O)CCCCBr. The maximum absolute atomic E-state index is 11.7. The highest BCUT2D eigenvalue weighted by atomic mass is 79.9. The second kappa shape index (κ2) is 7.41. The molecule has 0 aliphatic rings. The Kier molecular flexibility index (Phi) is 6.19. The van der Waals surface area contributed by atoms with E-state index in [-0.39, 0.29) is 5.91 Å². The third-order valence-electron chi connectivity index (χ3n) is 2.79. The molecule has 0 fully saturated rings. The Morgan fingerprint density at radius 3 is 2.61 bits per heavy atom. The lowest BCUT2D eigenvalue weighted by Crippen LogP contribution is -2.13. The number of rotatable bonds is 6. The van der Waals surface area contributed by atoms with Crippen molar-refractivity contribution in [1.82, 2.24) is 0 Å². The van der Waals surface area contributed by atoms with Crippen LogP contribution in [0.15, 0.2) is 18.2 Å². The number of nitrogens with one attached hydrogen (secondary N) is 1. The van der Waals surface area contributed by atoms with Crippen LogP contribution in [-0.4, -0.2) is 25.3 Å². The van der Waals surface area contributed by atoms with E-state index < -0.39 is 0 Å². The summed E-state index contributed by atoms with van der Waals surface area (Å²) in [6.07, 6.45) is 2.54. The van der Waals surface area contributed by atoms with E-state index in [1.54, 1.807) is 0 Å². The molecule has 1 N–H and O–H groups in total. The van der Waals surface area contributed by atoms with Crippen molar-refractivity contribution in [2.45, 2.75) is 26.2 Å². The number of hydrogen-bond donors (Lipinski definition) is 1. The predicted octanol–water partition coefficient (Wildman–Crippen LogP) is 3.56. The van der Waals surface area contributed by atoms with Crippen LogP contribution in [0.1, 0.15) is 24.8 Å². The fourth-order valence-corrected chi connectivity index (χ4v) is 2.06. The molecule has 18 heavy (non-hydrogen) atoms. The molecule has 0 aliphatic carbocycles. The van der Waals surface area contributed by atoms with Gasteiger partial charge >= 0.3 is 0 Å². The summed E-state index contributed by atoms with van der Waals surface area (Å²) >= 11 is 3.36. The largest absolute Gasteiger partial charge is 0.378 e. The van der Waals surface area contributed by atoms with Crippen LogP contribution >= 0.6 is 15.9 Å². The number of nitrogens with zero attached hydrogens (tertiary/aromatic N) is 1. The molecule has 0 saturated heterocycles. The van der Waals surface area contributed by atoms with Crippen molar-refractivity contribution >= 4 is 33.2 Å². The third-order valence-corrected chi connectivity index (χ3v) is 3.35. The molecule has 3 nitrogen and oxygen atoms in total. The van der Waals surface area contributed by atoms with Gasteiger partial charge in [0.1, 0.15) is 0 Å². The molecule has 0 spiro atoms. The lowest BCUT2D eigenvalue weighted by Gasteiger charge is -2.15. The Morgan fingerprint density at radius 1 is 1.33 bits per heavy atom. The second-order valence-corrected chi connectivity index (χ2v) is 5.38. The highest BCUT2D eigenvalue weighted by Gasteiger charge is 2.05. The van der Waals surface area contributed by atoms with Gasteiger partial charge in [-0.15, -0.1) is 0 Å². The number of benzene rings is 1. The fraction of sp³-hybridized carbons (Fsp3) is 0.500. The maximum atomic E-state index is 11.7. The van der Waals surface area contributed by atoms with Crippen molar-refractivity contribution in [3.8, 4) is 0 Å². The van der Waals surface area contributed by atoms with Crippen LogP contribution in [0.2, 0.25) is 0 Å². The number of halogens is 1. The molecule has 1 amide bonds. The summed E-state index contributed by atoms with van der Waals surface area (Å²) in [4.78, 5) is 13.8. The highest BCUT2D eigenvalue weighted by molar-refractivity contribution is 9.09. The predicted molar refractivity (Wildman–Crippen MR) is 81.8 cm³/mol. The van der Waals surface area contributed by atoms with Crippen LogP contribution in [-0.2, 0) is 4.79 Å². The summed E-state index contributed by atoms with van der Waals surface area (Å²) in [5.41, 5.74) is 3.14. The van der Waals surface area contributed by atoms with Crippen molar-refractivity contribution in [3.63, 3.8) is 0 Å². The zero-order valence-corrected chi connectivity index (χ0v) is 12.9. The smallest absolute Gasteiger partial charge is 0.224 e. The van der Waals surface area contributed by atoms with Crippen LogP contribution in [0.5, 0.6) is 0 Å². The number of aryl methyl sites for hydroxylation is 1. The van der Waals surface area contributed by atoms with E-state index in [2.05, 4.69) is 32.2 Å². The van der Waals surface area contributed by atoms with Gasteiger partial charge < -0.3 is 10.2 Å². The normalized spacial score (nSPS) is 10.2. The van der Waals surface area contributed by atoms with E-state index >= 15 is 0 Å². The van der Waals surface area contributed by atoms with E-state index in [0.29, 0.717) is 6.42 Å². The van der Waals surface area contributed by atoms with Crippen molar-refractivity contribution in [1.29, 1.82) is 0 Å². The molecule has 0 aliphatic heterocycles. The summed E-state index contributed by atoms with van der Waals surface area (Å²) in [5, 5.41) is 3.92. The van der Waals surface area contributed by atoms with Gasteiger partial charge in [-0.1, -0.05) is 15.9 Å². The van der Waals surface area contributed by atoms with Crippen molar-refractivity contribution < 1.29 is 4.79 Å². The minimum Gasteiger partial charge on any atom is -0.378 e. The molecule has 0 saturated carbocycles. The Balaban J connectivity index is 2.59. The molecule has 0 atom stereocenters. The average molecular weight is 313 g/mol. The summed E-state index contributed by atoms with van der Waals surface area (Å²) in [6.45, 7) is 2.01. The molecule has 1 aromatic carbocycles. The van der Waals surface area contributed by atoms with Gasteiger partial charge in [-0.2, -0.15) is 0 Å². The molecule has 4 heteroatoms. The lowest BCUT2D eigenvalue weighted by atomic mass is 10.1. The van der Waals surface area contributed by atoms with Gasteiger partial charge in [-0.25, -0.2) is 0 Å². The second-order valence-electron chi connectivity index (χ2n) is 4.59. The Morgan fingerprint density at radius 2 is 2.06 bits per heavy atom. The molecular weight excluding hydrogens is 292 g/mol. The number of carbonyl (C=O) groups excluding carboxylic acids is 1. The van der Waals surface area contributed by atoms with Crippen molar-refractivity contribution in [2.75, 3.05) is 29.6 Å². The van der Waals surface area contributed by atoms with Gasteiger partial charge in [-0.05, 0) is 43.5 Å². The number of amides is 1. The minimum absolute atomic E-state index is 0.0941. The Labute approximate surface area is 118 Å². The summed E-state index contributed by atoms with van der Waals surface area (Å²) in [6, 6.07) is 6.06. The summed E-state index contributed by atoms with van der Waals surface area (Å²) in [7, 11) is 4.01. The van der Waals surface area contributed by atoms with E-state index in [9.17, 15) is 4.79 Å². The van der Waals surface area contributed by atoms with Crippen LogP contribution in [0.25, 0.3) is 0 Å². The molecule has 0 radical (unpaired) electrons. The molecule has 1 aromatic rings. The maximum Gasteiger partial charge on any atom is 0.224 e. The van der Waals surface area contributed by atoms with Crippen LogP contribution < -0.4 is 10.2 Å². The zero-order valence-electron chi connectivity index (χ0n) is 11.3. The number of anilines is 2. The van der Waals surface area contributed by atoms with E-state index in [4.69, 9.17) is 0 Å². The molecule has 1 rings (SSSR count). The average Bonchev–Trinajstić information content (AvgIpc) is 2.32. The van der Waals surface area contributed by atoms with Crippen LogP contribution in [0, 0.1) is 6.92 Å². The monoisotopic (exact) mass is 312 g/mol. The molecule has 0 heterocycles. The number of unbranched alkanes of at least 4 members (excludes halogenated alkanes) is 1. The van der Waals surface area contributed by atoms with E-state index in [1.165, 1.54) is 0 Å². The van der Waals surface area contributed by atoms with Crippen molar-refractivity contribution in [2.24, 2.45) is 0 Å². The lowest BCUT2D eigenvalue weighted by molar-refractivity contribution is -0.116. The third kappa shape index (κ3) is 4.69. The first-order chi connectivity index (χ1) is 8.54. The number of carbonyl (C=O) groups is 1. The molecule has 100 valence electrons. The first kappa shape index (κ1) is 15.0. The van der Waals surface area contributed by atoms with Gasteiger partial charge in [0, 0.05) is 37.2 Å². The Hall–Kier alpha value is -1.03. The van der Waals surface area contributed by atoms with Crippen LogP contribution in [0.3, 0.4) is 0 Å². The molecule has 0 aromatic heterocycles. The summed E-state index contributed by atoms with van der Waals surface area (Å²) < 4.78 is 0. The first-order valence-corrected chi connectivity index (χ1v) is 7.30. The standard InChI is InChI=1S/C14H21BrN2O/c1-11-10-12(17(2)3)7-8-13(11)16-14(18)6-4-5-9-15/h7-8,10H,4-6,9H2,1-3H3,(H,16,18). The number of hydrogen-bond acceptors (Lipinski definition) is 2. The van der Waals surface area contributed by atoms with Gasteiger partial charge in [0.15, 0.2) is 0 Å². The minimum atomic E-state index is 0.0941. The van der Waals surface area contributed by atoms with Gasteiger partial charge in [0.2, 0.25) is 5.91 Å². The van der Waals surface area contributed by atoms with E-state index in [1.807, 2.05) is 33.2 Å². The fourth-order valence-electron chi connectivity index (χ4n) is 1.66. The number of alkyl halides is 1. The van der Waals surface area contributed by atoms with Crippen LogP contribution in [0.4, 0.5) is 11.4 Å². The highest BCUT2D eigenvalue weighted by Crippen LogP contribution is 2.21. The molecule has 0 bridgehead atoms.